The number of aliphatic hydroxyl groups excluding tert-OH is 1. The number of hydrogen-bond acceptors (Lipinski definition) is 4. The minimum atomic E-state index is -0.844. The number of ketones is 1. The molecule has 0 saturated carbocycles. The molecular formula is C28H33NO3. The van der Waals surface area contributed by atoms with E-state index in [1.165, 1.54) is 5.56 Å². The van der Waals surface area contributed by atoms with Crippen LogP contribution in [0, 0.1) is 19.8 Å². The minimum absolute atomic E-state index is 0.118. The number of Topliss-reactive ketones (excluding diaryl/α,β-unsaturated/α-hetero) is 1. The molecule has 0 fully saturated rings. The first-order valence-electron chi connectivity index (χ1n) is 11.2. The van der Waals surface area contributed by atoms with E-state index >= 15 is 0 Å². The molecule has 0 radical (unpaired) electrons. The van der Waals surface area contributed by atoms with E-state index in [1.54, 1.807) is 0 Å². The fourth-order valence-corrected chi connectivity index (χ4v) is 4.14. The highest BCUT2D eigenvalue weighted by Gasteiger charge is 2.33. The normalized spacial score (nSPS) is 13.9. The zero-order valence-electron chi connectivity index (χ0n) is 18.9. The zero-order valence-corrected chi connectivity index (χ0v) is 18.9. The summed E-state index contributed by atoms with van der Waals surface area (Å²) >= 11 is 0. The maximum absolute atomic E-state index is 13.3. The van der Waals surface area contributed by atoms with Crippen LogP contribution in [0.25, 0.3) is 0 Å². The highest BCUT2D eigenvalue weighted by molar-refractivity contribution is 5.84. The van der Waals surface area contributed by atoms with Crippen molar-refractivity contribution in [3.63, 3.8) is 0 Å². The topological polar surface area (TPSA) is 72.5 Å². The lowest BCUT2D eigenvalue weighted by molar-refractivity contribution is -0.129. The first-order chi connectivity index (χ1) is 15.5. The highest BCUT2D eigenvalue weighted by Crippen LogP contribution is 2.28. The Morgan fingerprint density at radius 2 is 1.50 bits per heavy atom. The Labute approximate surface area is 191 Å². The summed E-state index contributed by atoms with van der Waals surface area (Å²) in [5.41, 5.74) is 10.5. The van der Waals surface area contributed by atoms with Crippen molar-refractivity contribution in [2.45, 2.75) is 45.3 Å². The first-order valence-corrected chi connectivity index (χ1v) is 11.2. The van der Waals surface area contributed by atoms with Gasteiger partial charge in [-0.2, -0.15) is 0 Å². The van der Waals surface area contributed by atoms with Crippen LogP contribution in [0.15, 0.2) is 78.9 Å². The Bertz CT molecular complexity index is 968. The summed E-state index contributed by atoms with van der Waals surface area (Å²) in [7, 11) is 0. The number of aliphatic hydroxyl groups is 1. The number of hydrogen-bond donors (Lipinski definition) is 2. The monoisotopic (exact) mass is 431 g/mol. The third-order valence-corrected chi connectivity index (χ3v) is 5.93. The standard InChI is InChI=1S/C28H33NO3/c1-20-11-9-12-21(2)28(20)32-19-25(31)26(27(29)23-16-7-4-8-17-23)24(30)18-10-15-22-13-5-3-6-14-22/h3-9,11-14,16-17,24,26-27,30H,10,15,18-19,29H2,1-2H3/t24-,26-,27?/m0/s1. The Hall–Kier alpha value is -2.95. The van der Waals surface area contributed by atoms with E-state index in [-0.39, 0.29) is 12.4 Å². The van der Waals surface area contributed by atoms with Crippen LogP contribution in [0.2, 0.25) is 0 Å². The van der Waals surface area contributed by atoms with E-state index in [9.17, 15) is 9.90 Å². The molecule has 3 rings (SSSR count). The Balaban J connectivity index is 1.71. The molecule has 4 nitrogen and oxygen atoms in total. The first kappa shape index (κ1) is 23.7. The fourth-order valence-electron chi connectivity index (χ4n) is 4.14. The van der Waals surface area contributed by atoms with Crippen LogP contribution in [-0.4, -0.2) is 23.6 Å². The molecule has 0 heterocycles. The summed E-state index contributed by atoms with van der Waals surface area (Å²) in [6.07, 6.45) is 1.27. The molecule has 0 bridgehead atoms. The van der Waals surface area contributed by atoms with Crippen molar-refractivity contribution in [3.05, 3.63) is 101 Å². The largest absolute Gasteiger partial charge is 0.485 e. The minimum Gasteiger partial charge on any atom is -0.485 e. The van der Waals surface area contributed by atoms with Crippen molar-refractivity contribution in [2.75, 3.05) is 6.61 Å². The van der Waals surface area contributed by atoms with E-state index in [2.05, 4.69) is 12.1 Å². The maximum atomic E-state index is 13.3. The molecule has 0 aromatic heterocycles. The van der Waals surface area contributed by atoms with Crippen molar-refractivity contribution in [3.8, 4) is 5.75 Å². The lowest BCUT2D eigenvalue weighted by atomic mass is 9.83. The van der Waals surface area contributed by atoms with Crippen LogP contribution in [-0.2, 0) is 11.2 Å². The lowest BCUT2D eigenvalue weighted by Gasteiger charge is -2.28. The number of aryl methyl sites for hydroxylation is 3. The molecule has 0 aliphatic heterocycles. The van der Waals surface area contributed by atoms with Gasteiger partial charge >= 0.3 is 0 Å². The average Bonchev–Trinajstić information content (AvgIpc) is 2.80. The third-order valence-electron chi connectivity index (χ3n) is 5.93. The van der Waals surface area contributed by atoms with Crippen LogP contribution in [0.5, 0.6) is 5.75 Å². The molecule has 1 unspecified atom stereocenters. The molecule has 4 heteroatoms. The van der Waals surface area contributed by atoms with Gasteiger partial charge in [0.25, 0.3) is 0 Å². The van der Waals surface area contributed by atoms with Gasteiger partial charge in [-0.25, -0.2) is 0 Å². The number of ether oxygens (including phenoxy) is 1. The van der Waals surface area contributed by atoms with E-state index in [1.807, 2.05) is 80.6 Å². The van der Waals surface area contributed by atoms with Gasteiger partial charge in [-0.15, -0.1) is 0 Å². The van der Waals surface area contributed by atoms with Gasteiger partial charge in [-0.1, -0.05) is 78.9 Å². The molecule has 3 aromatic rings. The van der Waals surface area contributed by atoms with Crippen molar-refractivity contribution in [2.24, 2.45) is 11.7 Å². The predicted octanol–water partition coefficient (Wildman–Crippen LogP) is 4.95. The molecule has 3 atom stereocenters. The van der Waals surface area contributed by atoms with Gasteiger partial charge in [-0.3, -0.25) is 4.79 Å². The van der Waals surface area contributed by atoms with Gasteiger partial charge in [0.05, 0.1) is 12.0 Å². The van der Waals surface area contributed by atoms with Crippen molar-refractivity contribution >= 4 is 5.78 Å². The summed E-state index contributed by atoms with van der Waals surface area (Å²) in [6, 6.07) is 24.9. The summed E-state index contributed by atoms with van der Waals surface area (Å²) in [5, 5.41) is 11.0. The van der Waals surface area contributed by atoms with Crippen molar-refractivity contribution in [1.29, 1.82) is 0 Å². The van der Waals surface area contributed by atoms with Crippen molar-refractivity contribution in [1.82, 2.24) is 0 Å². The highest BCUT2D eigenvalue weighted by atomic mass is 16.5. The van der Waals surface area contributed by atoms with E-state index in [4.69, 9.17) is 10.5 Å². The molecule has 32 heavy (non-hydrogen) atoms. The van der Waals surface area contributed by atoms with E-state index in [0.717, 1.165) is 29.5 Å². The Kier molecular flexibility index (Phi) is 8.60. The van der Waals surface area contributed by atoms with Crippen LogP contribution in [0.4, 0.5) is 0 Å². The molecule has 3 N–H and O–H groups in total. The second-order valence-electron chi connectivity index (χ2n) is 8.38. The Morgan fingerprint density at radius 3 is 2.12 bits per heavy atom. The van der Waals surface area contributed by atoms with Crippen LogP contribution in [0.3, 0.4) is 0 Å². The molecular weight excluding hydrogens is 398 g/mol. The summed E-state index contributed by atoms with van der Waals surface area (Å²) in [6.45, 7) is 3.80. The molecule has 0 aliphatic rings. The summed E-state index contributed by atoms with van der Waals surface area (Å²) in [4.78, 5) is 13.3. The van der Waals surface area contributed by atoms with Crippen LogP contribution < -0.4 is 10.5 Å². The third kappa shape index (κ3) is 6.28. The van der Waals surface area contributed by atoms with Crippen molar-refractivity contribution < 1.29 is 14.6 Å². The number of benzene rings is 3. The van der Waals surface area contributed by atoms with E-state index in [0.29, 0.717) is 12.2 Å². The second kappa shape index (κ2) is 11.6. The quantitative estimate of drug-likeness (QED) is 0.450. The Morgan fingerprint density at radius 1 is 0.906 bits per heavy atom. The van der Waals surface area contributed by atoms with E-state index < -0.39 is 18.1 Å². The van der Waals surface area contributed by atoms with Gasteiger partial charge in [-0.05, 0) is 55.4 Å². The molecule has 3 aromatic carbocycles. The number of para-hydroxylation sites is 1. The zero-order chi connectivity index (χ0) is 22.9. The summed E-state index contributed by atoms with van der Waals surface area (Å²) in [5.74, 6) is -0.208. The smallest absolute Gasteiger partial charge is 0.177 e. The van der Waals surface area contributed by atoms with Gasteiger partial charge in [0, 0.05) is 6.04 Å². The second-order valence-corrected chi connectivity index (χ2v) is 8.38. The SMILES string of the molecule is Cc1cccc(C)c1OCC(=O)[C@@H](C(N)c1ccccc1)[C@@H](O)CCCc1ccccc1. The summed E-state index contributed by atoms with van der Waals surface area (Å²) < 4.78 is 5.90. The van der Waals surface area contributed by atoms with Crippen LogP contribution in [0.1, 0.15) is 41.1 Å². The molecule has 0 aliphatic carbocycles. The fraction of sp³-hybridized carbons (Fsp3) is 0.321. The number of nitrogens with two attached hydrogens (primary N) is 1. The molecule has 0 saturated heterocycles. The van der Waals surface area contributed by atoms with Gasteiger partial charge < -0.3 is 15.6 Å². The molecule has 0 spiro atoms. The van der Waals surface area contributed by atoms with Gasteiger partial charge in [0.15, 0.2) is 5.78 Å². The number of carbonyl (C=O) groups excluding carboxylic acids is 1. The molecule has 0 amide bonds. The number of rotatable bonds is 11. The van der Waals surface area contributed by atoms with Gasteiger partial charge in [0.2, 0.25) is 0 Å². The van der Waals surface area contributed by atoms with Gasteiger partial charge in [0.1, 0.15) is 12.4 Å². The van der Waals surface area contributed by atoms with Crippen LogP contribution >= 0.6 is 0 Å². The molecule has 168 valence electrons. The maximum Gasteiger partial charge on any atom is 0.177 e. The average molecular weight is 432 g/mol. The predicted molar refractivity (Wildman–Crippen MR) is 129 cm³/mol. The number of carbonyl (C=O) groups is 1. The lowest BCUT2D eigenvalue weighted by Crippen LogP contribution is -2.40.